The highest BCUT2D eigenvalue weighted by Crippen LogP contribution is 2.39. The summed E-state index contributed by atoms with van der Waals surface area (Å²) in [4.78, 5) is 22.7. The third kappa shape index (κ3) is 3.46. The van der Waals surface area contributed by atoms with Crippen LogP contribution in [-0.2, 0) is 0 Å². The van der Waals surface area contributed by atoms with Crippen LogP contribution in [0.25, 0.3) is 11.1 Å². The molecule has 2 aromatic rings. The molecule has 2 rings (SSSR count). The van der Waals surface area contributed by atoms with E-state index in [1.807, 2.05) is 13.0 Å². The molecule has 0 aliphatic rings. The SMILES string of the molecule is CCCSc1cc(C(=O)O)cc([N+](=O)[O-])c1-c1ccccc1. The molecule has 6 heteroatoms. The first-order valence-electron chi connectivity index (χ1n) is 6.78. The summed E-state index contributed by atoms with van der Waals surface area (Å²) < 4.78 is 0. The number of hydrogen-bond donors (Lipinski definition) is 1. The Morgan fingerprint density at radius 3 is 2.50 bits per heavy atom. The number of rotatable bonds is 6. The molecule has 0 spiro atoms. The largest absolute Gasteiger partial charge is 0.478 e. The predicted octanol–water partition coefficient (Wildman–Crippen LogP) is 4.46. The zero-order valence-corrected chi connectivity index (χ0v) is 12.8. The highest BCUT2D eigenvalue weighted by Gasteiger charge is 2.23. The number of aromatic carboxylic acids is 1. The molecule has 114 valence electrons. The second-order valence-corrected chi connectivity index (χ2v) is 5.78. The second-order valence-electron chi connectivity index (χ2n) is 4.65. The first-order chi connectivity index (χ1) is 10.5. The number of nitro groups is 1. The van der Waals surface area contributed by atoms with Gasteiger partial charge in [0.1, 0.15) is 0 Å². The number of carboxylic acid groups (broad SMARTS) is 1. The van der Waals surface area contributed by atoms with E-state index < -0.39 is 10.9 Å². The lowest BCUT2D eigenvalue weighted by Crippen LogP contribution is -2.02. The van der Waals surface area contributed by atoms with Crippen LogP contribution in [0.3, 0.4) is 0 Å². The Morgan fingerprint density at radius 1 is 1.27 bits per heavy atom. The van der Waals surface area contributed by atoms with Crippen LogP contribution >= 0.6 is 11.8 Å². The summed E-state index contributed by atoms with van der Waals surface area (Å²) in [6, 6.07) is 11.7. The third-order valence-corrected chi connectivity index (χ3v) is 4.29. The van der Waals surface area contributed by atoms with E-state index in [2.05, 4.69) is 0 Å². The molecular weight excluding hydrogens is 302 g/mol. The van der Waals surface area contributed by atoms with Crippen molar-refractivity contribution in [1.29, 1.82) is 0 Å². The minimum absolute atomic E-state index is 0.0648. The maximum absolute atomic E-state index is 11.4. The summed E-state index contributed by atoms with van der Waals surface area (Å²) in [6.45, 7) is 2.00. The molecule has 0 heterocycles. The molecule has 0 saturated heterocycles. The van der Waals surface area contributed by atoms with E-state index >= 15 is 0 Å². The molecule has 0 atom stereocenters. The van der Waals surface area contributed by atoms with E-state index in [1.165, 1.54) is 17.8 Å². The Morgan fingerprint density at radius 2 is 1.95 bits per heavy atom. The molecule has 0 aliphatic heterocycles. The average molecular weight is 317 g/mol. The standard InChI is InChI=1S/C16H15NO4S/c1-2-8-22-14-10-12(16(18)19)9-13(17(20)21)15(14)11-6-4-3-5-7-11/h3-7,9-10H,2,8H2,1H3,(H,18,19). The van der Waals surface area contributed by atoms with E-state index in [-0.39, 0.29) is 11.3 Å². The number of nitrogens with zero attached hydrogens (tertiary/aromatic N) is 1. The first kappa shape index (κ1) is 16.0. The van der Waals surface area contributed by atoms with Gasteiger partial charge >= 0.3 is 5.97 Å². The lowest BCUT2D eigenvalue weighted by Gasteiger charge is -2.11. The van der Waals surface area contributed by atoms with Gasteiger partial charge in [0.25, 0.3) is 5.69 Å². The number of benzene rings is 2. The van der Waals surface area contributed by atoms with E-state index in [9.17, 15) is 20.0 Å². The molecule has 2 aromatic carbocycles. The monoisotopic (exact) mass is 317 g/mol. The zero-order valence-electron chi connectivity index (χ0n) is 12.0. The smallest absolute Gasteiger partial charge is 0.335 e. The lowest BCUT2D eigenvalue weighted by molar-refractivity contribution is -0.384. The van der Waals surface area contributed by atoms with Gasteiger partial charge in [0.05, 0.1) is 16.1 Å². The van der Waals surface area contributed by atoms with Crippen LogP contribution in [0.2, 0.25) is 0 Å². The van der Waals surface area contributed by atoms with Crippen molar-refractivity contribution >= 4 is 23.4 Å². The van der Waals surface area contributed by atoms with Crippen molar-refractivity contribution in [3.63, 3.8) is 0 Å². The quantitative estimate of drug-likeness (QED) is 0.483. The van der Waals surface area contributed by atoms with Crippen LogP contribution in [0.5, 0.6) is 0 Å². The number of hydrogen-bond acceptors (Lipinski definition) is 4. The van der Waals surface area contributed by atoms with Crippen LogP contribution in [0.4, 0.5) is 5.69 Å². The Labute approximate surface area is 132 Å². The van der Waals surface area contributed by atoms with Crippen LogP contribution in [-0.4, -0.2) is 21.8 Å². The molecule has 0 fully saturated rings. The van der Waals surface area contributed by atoms with E-state index in [1.54, 1.807) is 24.3 Å². The summed E-state index contributed by atoms with van der Waals surface area (Å²) in [6.07, 6.45) is 0.893. The normalized spacial score (nSPS) is 10.4. The van der Waals surface area contributed by atoms with Crippen molar-refractivity contribution < 1.29 is 14.8 Å². The van der Waals surface area contributed by atoms with Crippen molar-refractivity contribution in [3.05, 3.63) is 58.1 Å². The van der Waals surface area contributed by atoms with Crippen LogP contribution < -0.4 is 0 Å². The van der Waals surface area contributed by atoms with Crippen molar-refractivity contribution in [2.75, 3.05) is 5.75 Å². The Balaban J connectivity index is 2.71. The van der Waals surface area contributed by atoms with Crippen LogP contribution in [0.1, 0.15) is 23.7 Å². The minimum Gasteiger partial charge on any atom is -0.478 e. The maximum atomic E-state index is 11.4. The zero-order chi connectivity index (χ0) is 16.1. The van der Waals surface area contributed by atoms with Gasteiger partial charge in [0.15, 0.2) is 0 Å². The van der Waals surface area contributed by atoms with Gasteiger partial charge in [-0.3, -0.25) is 10.1 Å². The van der Waals surface area contributed by atoms with Gasteiger partial charge in [-0.25, -0.2) is 4.79 Å². The van der Waals surface area contributed by atoms with Crippen LogP contribution in [0.15, 0.2) is 47.4 Å². The number of carboxylic acids is 1. The Hall–Kier alpha value is -2.34. The molecule has 1 N–H and O–H groups in total. The molecule has 22 heavy (non-hydrogen) atoms. The van der Waals surface area contributed by atoms with Crippen LogP contribution in [0, 0.1) is 10.1 Å². The molecule has 0 aromatic heterocycles. The molecule has 0 amide bonds. The van der Waals surface area contributed by atoms with E-state index in [4.69, 9.17) is 0 Å². The van der Waals surface area contributed by atoms with Gasteiger partial charge in [-0.15, -0.1) is 11.8 Å². The Kier molecular flexibility index (Phi) is 5.16. The maximum Gasteiger partial charge on any atom is 0.335 e. The fraction of sp³-hybridized carbons (Fsp3) is 0.188. The molecular formula is C16H15NO4S. The minimum atomic E-state index is -1.17. The van der Waals surface area contributed by atoms with Gasteiger partial charge in [0, 0.05) is 11.0 Å². The molecule has 0 radical (unpaired) electrons. The van der Waals surface area contributed by atoms with Gasteiger partial charge in [0.2, 0.25) is 0 Å². The summed E-state index contributed by atoms with van der Waals surface area (Å²) in [5.74, 6) is -0.402. The average Bonchev–Trinajstić information content (AvgIpc) is 2.52. The van der Waals surface area contributed by atoms with Crippen molar-refractivity contribution in [2.45, 2.75) is 18.2 Å². The molecule has 5 nitrogen and oxygen atoms in total. The van der Waals surface area contributed by atoms with E-state index in [0.29, 0.717) is 16.0 Å². The number of thioether (sulfide) groups is 1. The lowest BCUT2D eigenvalue weighted by atomic mass is 10.0. The third-order valence-electron chi connectivity index (χ3n) is 3.05. The van der Waals surface area contributed by atoms with Gasteiger partial charge < -0.3 is 5.11 Å². The number of carbonyl (C=O) groups is 1. The van der Waals surface area contributed by atoms with Gasteiger partial charge in [-0.05, 0) is 23.8 Å². The van der Waals surface area contributed by atoms with Gasteiger partial charge in [-0.2, -0.15) is 0 Å². The fourth-order valence-corrected chi connectivity index (χ4v) is 3.09. The van der Waals surface area contributed by atoms with Gasteiger partial charge in [-0.1, -0.05) is 37.3 Å². The summed E-state index contributed by atoms with van der Waals surface area (Å²) >= 11 is 1.44. The summed E-state index contributed by atoms with van der Waals surface area (Å²) in [7, 11) is 0. The summed E-state index contributed by atoms with van der Waals surface area (Å²) in [5, 5.41) is 20.6. The Bertz CT molecular complexity index is 701. The van der Waals surface area contributed by atoms with Crippen molar-refractivity contribution in [2.24, 2.45) is 0 Å². The second kappa shape index (κ2) is 7.09. The summed E-state index contributed by atoms with van der Waals surface area (Å²) in [5.41, 5.74) is 0.952. The highest BCUT2D eigenvalue weighted by atomic mass is 32.2. The highest BCUT2D eigenvalue weighted by molar-refractivity contribution is 7.99. The first-order valence-corrected chi connectivity index (χ1v) is 7.77. The molecule has 0 aliphatic carbocycles. The van der Waals surface area contributed by atoms with Crippen molar-refractivity contribution in [3.8, 4) is 11.1 Å². The molecule has 0 bridgehead atoms. The predicted molar refractivity (Wildman–Crippen MR) is 86.5 cm³/mol. The molecule has 0 unspecified atom stereocenters. The van der Waals surface area contributed by atoms with Crippen molar-refractivity contribution in [1.82, 2.24) is 0 Å². The number of nitro benzene ring substituents is 1. The fourth-order valence-electron chi connectivity index (χ4n) is 2.09. The topological polar surface area (TPSA) is 80.4 Å². The van der Waals surface area contributed by atoms with E-state index in [0.717, 1.165) is 18.2 Å². The molecule has 0 saturated carbocycles.